The van der Waals surface area contributed by atoms with Crippen molar-refractivity contribution < 1.29 is 0 Å². The van der Waals surface area contributed by atoms with E-state index in [9.17, 15) is 0 Å². The van der Waals surface area contributed by atoms with Crippen molar-refractivity contribution >= 4 is 26.8 Å². The SMILES string of the molecule is CC1(C)c2cc(Br)ccc2-c2c(-c3nc(-c4ccccc4)nc4ccccc34)cccc21. The van der Waals surface area contributed by atoms with Gasteiger partial charge in [-0.1, -0.05) is 103 Å². The molecule has 1 aromatic heterocycles. The highest BCUT2D eigenvalue weighted by Crippen LogP contribution is 2.52. The minimum Gasteiger partial charge on any atom is -0.228 e. The molecule has 0 N–H and O–H groups in total. The molecular formula is C29H21BrN2. The lowest BCUT2D eigenvalue weighted by Gasteiger charge is -2.22. The molecule has 0 saturated heterocycles. The van der Waals surface area contributed by atoms with Gasteiger partial charge >= 0.3 is 0 Å². The molecule has 2 nitrogen and oxygen atoms in total. The molecular weight excluding hydrogens is 456 g/mol. The Hall–Kier alpha value is -3.30. The molecule has 0 aliphatic heterocycles. The third-order valence-corrected chi connectivity index (χ3v) is 7.05. The molecule has 1 aliphatic rings. The summed E-state index contributed by atoms with van der Waals surface area (Å²) in [4.78, 5) is 10.0. The Morgan fingerprint density at radius 3 is 2.31 bits per heavy atom. The van der Waals surface area contributed by atoms with Gasteiger partial charge in [-0.25, -0.2) is 9.97 Å². The predicted octanol–water partition coefficient (Wildman–Crippen LogP) is 8.03. The second-order valence-electron chi connectivity index (χ2n) is 8.82. The van der Waals surface area contributed by atoms with E-state index < -0.39 is 0 Å². The number of benzene rings is 4. The molecule has 0 unspecified atom stereocenters. The van der Waals surface area contributed by atoms with E-state index in [0.29, 0.717) is 0 Å². The average molecular weight is 477 g/mol. The van der Waals surface area contributed by atoms with Crippen molar-refractivity contribution in [3.8, 4) is 33.8 Å². The van der Waals surface area contributed by atoms with Crippen LogP contribution in [0.3, 0.4) is 0 Å². The van der Waals surface area contributed by atoms with Crippen molar-refractivity contribution in [3.63, 3.8) is 0 Å². The second-order valence-corrected chi connectivity index (χ2v) is 9.74. The van der Waals surface area contributed by atoms with Crippen molar-refractivity contribution in [3.05, 3.63) is 107 Å². The standard InChI is InChI=1S/C29H21BrN2/c1-29(2)23-13-8-12-22(26(23)20-16-15-19(30)17-24(20)29)27-21-11-6-7-14-25(21)31-28(32-27)18-9-4-3-5-10-18/h3-17H,1-2H3. The first kappa shape index (κ1) is 19.4. The Balaban J connectivity index is 1.70. The van der Waals surface area contributed by atoms with Crippen molar-refractivity contribution in [2.75, 3.05) is 0 Å². The number of halogens is 1. The monoisotopic (exact) mass is 476 g/mol. The summed E-state index contributed by atoms with van der Waals surface area (Å²) in [6, 6.07) is 31.8. The van der Waals surface area contributed by atoms with Gasteiger partial charge in [0.15, 0.2) is 5.82 Å². The van der Waals surface area contributed by atoms with Crippen LogP contribution in [0.4, 0.5) is 0 Å². The summed E-state index contributed by atoms with van der Waals surface area (Å²) in [6.07, 6.45) is 0. The molecule has 0 bridgehead atoms. The van der Waals surface area contributed by atoms with Gasteiger partial charge < -0.3 is 0 Å². The quantitative estimate of drug-likeness (QED) is 0.257. The summed E-state index contributed by atoms with van der Waals surface area (Å²) < 4.78 is 1.11. The first-order chi connectivity index (χ1) is 15.5. The molecule has 0 radical (unpaired) electrons. The molecule has 4 aromatic carbocycles. The summed E-state index contributed by atoms with van der Waals surface area (Å²) >= 11 is 3.67. The Kier molecular flexibility index (Phi) is 4.31. The van der Waals surface area contributed by atoms with Crippen molar-refractivity contribution in [1.82, 2.24) is 9.97 Å². The van der Waals surface area contributed by atoms with Crippen LogP contribution in [0.15, 0.2) is 95.5 Å². The number of aromatic nitrogens is 2. The summed E-state index contributed by atoms with van der Waals surface area (Å²) in [6.45, 7) is 4.61. The molecule has 154 valence electrons. The maximum atomic E-state index is 5.14. The van der Waals surface area contributed by atoms with Gasteiger partial charge in [0.05, 0.1) is 11.2 Å². The largest absolute Gasteiger partial charge is 0.228 e. The summed E-state index contributed by atoms with van der Waals surface area (Å²) in [5.74, 6) is 0.755. The van der Waals surface area contributed by atoms with Crippen molar-refractivity contribution in [1.29, 1.82) is 0 Å². The topological polar surface area (TPSA) is 25.8 Å². The van der Waals surface area contributed by atoms with E-state index in [-0.39, 0.29) is 5.41 Å². The fraction of sp³-hybridized carbons (Fsp3) is 0.103. The zero-order valence-electron chi connectivity index (χ0n) is 17.9. The number of hydrogen-bond acceptors (Lipinski definition) is 2. The third-order valence-electron chi connectivity index (χ3n) is 6.55. The van der Waals surface area contributed by atoms with Gasteiger partial charge in [-0.05, 0) is 40.5 Å². The van der Waals surface area contributed by atoms with Gasteiger partial charge in [-0.2, -0.15) is 0 Å². The van der Waals surface area contributed by atoms with Gasteiger partial charge in [-0.15, -0.1) is 0 Å². The molecule has 0 spiro atoms. The zero-order chi connectivity index (χ0) is 21.9. The highest BCUT2D eigenvalue weighted by atomic mass is 79.9. The second kappa shape index (κ2) is 7.11. The number of hydrogen-bond donors (Lipinski definition) is 0. The van der Waals surface area contributed by atoms with E-state index in [1.165, 1.54) is 22.3 Å². The minimum atomic E-state index is -0.0739. The molecule has 1 heterocycles. The molecule has 3 heteroatoms. The Labute approximate surface area is 196 Å². The van der Waals surface area contributed by atoms with Crippen LogP contribution in [0.25, 0.3) is 44.7 Å². The fourth-order valence-electron chi connectivity index (χ4n) is 4.96. The maximum Gasteiger partial charge on any atom is 0.160 e. The summed E-state index contributed by atoms with van der Waals surface area (Å²) in [7, 11) is 0. The van der Waals surface area contributed by atoms with Gasteiger partial charge in [0.2, 0.25) is 0 Å². The summed E-state index contributed by atoms with van der Waals surface area (Å²) in [5.41, 5.74) is 9.30. The van der Waals surface area contributed by atoms with Gasteiger partial charge in [0.1, 0.15) is 0 Å². The first-order valence-corrected chi connectivity index (χ1v) is 11.6. The Bertz CT molecular complexity index is 1500. The maximum absolute atomic E-state index is 5.14. The van der Waals surface area contributed by atoms with Gasteiger partial charge in [-0.3, -0.25) is 0 Å². The van der Waals surface area contributed by atoms with Crippen LogP contribution >= 0.6 is 15.9 Å². The molecule has 0 atom stereocenters. The van der Waals surface area contributed by atoms with Gasteiger partial charge in [0, 0.05) is 26.4 Å². The van der Waals surface area contributed by atoms with Crippen LogP contribution in [-0.2, 0) is 5.41 Å². The number of rotatable bonds is 2. The van der Waals surface area contributed by atoms with E-state index in [1.807, 2.05) is 24.3 Å². The third kappa shape index (κ3) is 2.85. The molecule has 0 fully saturated rings. The van der Waals surface area contributed by atoms with E-state index in [1.54, 1.807) is 0 Å². The van der Waals surface area contributed by atoms with Crippen LogP contribution in [-0.4, -0.2) is 9.97 Å². The van der Waals surface area contributed by atoms with E-state index in [4.69, 9.17) is 9.97 Å². The van der Waals surface area contributed by atoms with Crippen LogP contribution in [0.2, 0.25) is 0 Å². The zero-order valence-corrected chi connectivity index (χ0v) is 19.5. The smallest absolute Gasteiger partial charge is 0.160 e. The van der Waals surface area contributed by atoms with Crippen LogP contribution in [0, 0.1) is 0 Å². The van der Waals surface area contributed by atoms with Crippen LogP contribution in [0.5, 0.6) is 0 Å². The normalized spacial score (nSPS) is 13.7. The fourth-order valence-corrected chi connectivity index (χ4v) is 5.32. The van der Waals surface area contributed by atoms with E-state index in [2.05, 4.69) is 96.5 Å². The highest BCUT2D eigenvalue weighted by Gasteiger charge is 2.37. The number of nitrogens with zero attached hydrogens (tertiary/aromatic N) is 2. The van der Waals surface area contributed by atoms with E-state index in [0.717, 1.165) is 38.0 Å². The van der Waals surface area contributed by atoms with Crippen LogP contribution < -0.4 is 0 Å². The lowest BCUT2D eigenvalue weighted by molar-refractivity contribution is 0.660. The lowest BCUT2D eigenvalue weighted by atomic mass is 9.82. The molecule has 1 aliphatic carbocycles. The summed E-state index contributed by atoms with van der Waals surface area (Å²) in [5, 5.41) is 1.07. The lowest BCUT2D eigenvalue weighted by Crippen LogP contribution is -2.14. The Morgan fingerprint density at radius 2 is 1.47 bits per heavy atom. The Morgan fingerprint density at radius 1 is 0.688 bits per heavy atom. The molecule has 5 aromatic rings. The van der Waals surface area contributed by atoms with E-state index >= 15 is 0 Å². The average Bonchev–Trinajstić information content (AvgIpc) is 3.05. The molecule has 0 saturated carbocycles. The first-order valence-electron chi connectivity index (χ1n) is 10.8. The molecule has 0 amide bonds. The van der Waals surface area contributed by atoms with Crippen LogP contribution in [0.1, 0.15) is 25.0 Å². The number of para-hydroxylation sites is 1. The molecule has 6 rings (SSSR count). The predicted molar refractivity (Wildman–Crippen MR) is 136 cm³/mol. The number of fused-ring (bicyclic) bond motifs is 4. The minimum absolute atomic E-state index is 0.0739. The highest BCUT2D eigenvalue weighted by molar-refractivity contribution is 9.10. The van der Waals surface area contributed by atoms with Crippen molar-refractivity contribution in [2.24, 2.45) is 0 Å². The van der Waals surface area contributed by atoms with Gasteiger partial charge in [0.25, 0.3) is 0 Å². The molecule has 32 heavy (non-hydrogen) atoms. The van der Waals surface area contributed by atoms with Crippen molar-refractivity contribution in [2.45, 2.75) is 19.3 Å².